The van der Waals surface area contributed by atoms with Crippen molar-refractivity contribution in [1.82, 2.24) is 9.97 Å². The molecule has 4 N–H and O–H groups in total. The van der Waals surface area contributed by atoms with Gasteiger partial charge in [0.1, 0.15) is 0 Å². The molecule has 1 aromatic heterocycles. The van der Waals surface area contributed by atoms with Crippen LogP contribution >= 0.6 is 11.6 Å². The van der Waals surface area contributed by atoms with Crippen LogP contribution in [0.15, 0.2) is 70.4 Å². The number of imidazole rings is 1. The van der Waals surface area contributed by atoms with Crippen LogP contribution in [0.4, 0.5) is 11.4 Å². The Hall–Kier alpha value is -3.56. The summed E-state index contributed by atoms with van der Waals surface area (Å²) < 4.78 is 28.3. The number of H-pyrrole nitrogens is 2. The SMILES string of the molecule is Cc1cc(Cl)ccc1NC(=O)c1ccccc1NS(=O)(=O)c1ccc2[nH]c(=O)[nH]c2c1. The molecule has 3 aromatic carbocycles. The van der Waals surface area contributed by atoms with Crippen LogP contribution in [0.25, 0.3) is 11.0 Å². The number of para-hydroxylation sites is 1. The molecular weight excluding hydrogens is 440 g/mol. The van der Waals surface area contributed by atoms with Crippen LogP contribution < -0.4 is 15.7 Å². The van der Waals surface area contributed by atoms with Crippen molar-refractivity contribution in [2.24, 2.45) is 0 Å². The van der Waals surface area contributed by atoms with Gasteiger partial charge in [-0.2, -0.15) is 0 Å². The Bertz CT molecular complexity index is 1470. The van der Waals surface area contributed by atoms with Gasteiger partial charge in [0.2, 0.25) is 0 Å². The van der Waals surface area contributed by atoms with Gasteiger partial charge in [-0.15, -0.1) is 0 Å². The smallest absolute Gasteiger partial charge is 0.322 e. The Balaban J connectivity index is 1.64. The van der Waals surface area contributed by atoms with E-state index in [1.165, 1.54) is 30.3 Å². The van der Waals surface area contributed by atoms with E-state index in [-0.39, 0.29) is 16.1 Å². The summed E-state index contributed by atoms with van der Waals surface area (Å²) in [6.45, 7) is 1.80. The predicted octanol–water partition coefficient (Wildman–Crippen LogP) is 3.87. The minimum atomic E-state index is -4.02. The molecule has 0 bridgehead atoms. The van der Waals surface area contributed by atoms with Gasteiger partial charge in [-0.05, 0) is 61.0 Å². The van der Waals surface area contributed by atoms with E-state index in [2.05, 4.69) is 20.0 Å². The first-order valence-electron chi connectivity index (χ1n) is 9.14. The molecule has 0 aliphatic rings. The fraction of sp³-hybridized carbons (Fsp3) is 0.0476. The molecule has 158 valence electrons. The first-order chi connectivity index (χ1) is 14.7. The molecule has 0 unspecified atom stereocenters. The van der Waals surface area contributed by atoms with Crippen LogP contribution in [0.3, 0.4) is 0 Å². The average molecular weight is 457 g/mol. The lowest BCUT2D eigenvalue weighted by Crippen LogP contribution is -2.19. The molecule has 0 saturated carbocycles. The Morgan fingerprint density at radius 3 is 2.45 bits per heavy atom. The fourth-order valence-corrected chi connectivity index (χ4v) is 4.44. The first kappa shape index (κ1) is 20.7. The average Bonchev–Trinajstić information content (AvgIpc) is 3.09. The van der Waals surface area contributed by atoms with Crippen molar-refractivity contribution < 1.29 is 13.2 Å². The van der Waals surface area contributed by atoms with Crippen LogP contribution in [0.5, 0.6) is 0 Å². The number of amides is 1. The lowest BCUT2D eigenvalue weighted by atomic mass is 10.1. The topological polar surface area (TPSA) is 124 Å². The third-order valence-electron chi connectivity index (χ3n) is 4.65. The number of benzene rings is 3. The molecular formula is C21H17ClN4O4S. The van der Waals surface area contributed by atoms with Gasteiger partial charge in [0.25, 0.3) is 15.9 Å². The third-order valence-corrected chi connectivity index (χ3v) is 6.25. The third kappa shape index (κ3) is 4.32. The summed E-state index contributed by atoms with van der Waals surface area (Å²) in [7, 11) is -4.02. The Kier molecular flexibility index (Phi) is 5.30. The van der Waals surface area contributed by atoms with Gasteiger partial charge in [0.15, 0.2) is 0 Å². The number of carbonyl (C=O) groups excluding carboxylic acids is 1. The van der Waals surface area contributed by atoms with Crippen molar-refractivity contribution >= 4 is 49.9 Å². The van der Waals surface area contributed by atoms with E-state index in [4.69, 9.17) is 11.6 Å². The zero-order valence-corrected chi connectivity index (χ0v) is 17.8. The second-order valence-electron chi connectivity index (χ2n) is 6.85. The van der Waals surface area contributed by atoms with Crippen molar-refractivity contribution in [3.05, 3.63) is 87.3 Å². The molecule has 0 fully saturated rings. The van der Waals surface area contributed by atoms with E-state index in [1.807, 2.05) is 0 Å². The van der Waals surface area contributed by atoms with Gasteiger partial charge in [0, 0.05) is 10.7 Å². The summed E-state index contributed by atoms with van der Waals surface area (Å²) in [4.78, 5) is 29.3. The minimum Gasteiger partial charge on any atom is -0.322 e. The van der Waals surface area contributed by atoms with Crippen molar-refractivity contribution in [2.45, 2.75) is 11.8 Å². The molecule has 0 aliphatic heterocycles. The number of nitrogens with one attached hydrogen (secondary N) is 4. The molecule has 1 heterocycles. The molecule has 4 aromatic rings. The monoisotopic (exact) mass is 456 g/mol. The highest BCUT2D eigenvalue weighted by Gasteiger charge is 2.20. The van der Waals surface area contributed by atoms with Crippen LogP contribution in [0.1, 0.15) is 15.9 Å². The van der Waals surface area contributed by atoms with Crippen LogP contribution in [-0.2, 0) is 10.0 Å². The number of fused-ring (bicyclic) bond motifs is 1. The van der Waals surface area contributed by atoms with Gasteiger partial charge in [-0.25, -0.2) is 13.2 Å². The number of halogens is 1. The molecule has 0 spiro atoms. The zero-order chi connectivity index (χ0) is 22.2. The van der Waals surface area contributed by atoms with Gasteiger partial charge >= 0.3 is 5.69 Å². The summed E-state index contributed by atoms with van der Waals surface area (Å²) >= 11 is 5.95. The maximum Gasteiger partial charge on any atom is 0.323 e. The summed E-state index contributed by atoms with van der Waals surface area (Å²) in [5.74, 6) is -0.478. The molecule has 10 heteroatoms. The Morgan fingerprint density at radius 2 is 1.68 bits per heavy atom. The number of aromatic amines is 2. The lowest BCUT2D eigenvalue weighted by molar-refractivity contribution is 0.102. The quantitative estimate of drug-likeness (QED) is 0.364. The summed E-state index contributed by atoms with van der Waals surface area (Å²) in [6.07, 6.45) is 0. The molecule has 0 saturated heterocycles. The normalized spacial score (nSPS) is 11.4. The summed E-state index contributed by atoms with van der Waals surface area (Å²) in [6, 6.07) is 15.5. The van der Waals surface area contributed by atoms with Crippen LogP contribution in [-0.4, -0.2) is 24.3 Å². The van der Waals surface area contributed by atoms with E-state index >= 15 is 0 Å². The maximum atomic E-state index is 12.9. The highest BCUT2D eigenvalue weighted by molar-refractivity contribution is 7.92. The Morgan fingerprint density at radius 1 is 0.935 bits per heavy atom. The lowest BCUT2D eigenvalue weighted by Gasteiger charge is -2.14. The van der Waals surface area contributed by atoms with Crippen molar-refractivity contribution in [2.75, 3.05) is 10.0 Å². The largest absolute Gasteiger partial charge is 0.323 e. The molecule has 0 radical (unpaired) electrons. The zero-order valence-electron chi connectivity index (χ0n) is 16.2. The van der Waals surface area contributed by atoms with Gasteiger partial charge in [0.05, 0.1) is 27.2 Å². The highest BCUT2D eigenvalue weighted by atomic mass is 35.5. The summed E-state index contributed by atoms with van der Waals surface area (Å²) in [5, 5.41) is 3.32. The van der Waals surface area contributed by atoms with Crippen molar-refractivity contribution in [1.29, 1.82) is 0 Å². The van der Waals surface area contributed by atoms with E-state index < -0.39 is 21.6 Å². The second kappa shape index (κ2) is 7.93. The number of anilines is 2. The molecule has 31 heavy (non-hydrogen) atoms. The summed E-state index contributed by atoms with van der Waals surface area (Å²) in [5.41, 5.74) is 2.02. The number of carbonyl (C=O) groups is 1. The predicted molar refractivity (Wildman–Crippen MR) is 120 cm³/mol. The minimum absolute atomic E-state index is 0.0565. The molecule has 4 rings (SSSR count). The van der Waals surface area contributed by atoms with E-state index in [0.29, 0.717) is 21.7 Å². The Labute approximate surface area is 182 Å². The number of hydrogen-bond donors (Lipinski definition) is 4. The van der Waals surface area contributed by atoms with E-state index in [9.17, 15) is 18.0 Å². The van der Waals surface area contributed by atoms with Gasteiger partial charge in [-0.3, -0.25) is 9.52 Å². The molecule has 0 atom stereocenters. The van der Waals surface area contributed by atoms with Gasteiger partial charge < -0.3 is 15.3 Å². The van der Waals surface area contributed by atoms with Crippen LogP contribution in [0.2, 0.25) is 5.02 Å². The van der Waals surface area contributed by atoms with E-state index in [0.717, 1.165) is 5.56 Å². The van der Waals surface area contributed by atoms with Crippen LogP contribution in [0, 0.1) is 6.92 Å². The molecule has 0 aliphatic carbocycles. The van der Waals surface area contributed by atoms with Gasteiger partial charge in [-0.1, -0.05) is 23.7 Å². The molecule has 1 amide bonds. The van der Waals surface area contributed by atoms with Crippen molar-refractivity contribution in [3.8, 4) is 0 Å². The number of rotatable bonds is 5. The maximum absolute atomic E-state index is 12.9. The highest BCUT2D eigenvalue weighted by Crippen LogP contribution is 2.24. The number of hydrogen-bond acceptors (Lipinski definition) is 4. The first-order valence-corrected chi connectivity index (χ1v) is 11.0. The number of aromatic nitrogens is 2. The second-order valence-corrected chi connectivity index (χ2v) is 8.97. The number of aryl methyl sites for hydroxylation is 1. The number of sulfonamides is 1. The van der Waals surface area contributed by atoms with E-state index in [1.54, 1.807) is 37.3 Å². The molecule has 8 nitrogen and oxygen atoms in total. The standard InChI is InChI=1S/C21H17ClN4O4S/c1-12-10-13(22)6-8-16(12)23-20(27)15-4-2-3-5-17(15)26-31(29,30)14-7-9-18-19(11-14)25-21(28)24-18/h2-11,26H,1H3,(H,23,27)(H2,24,25,28). The fourth-order valence-electron chi connectivity index (χ4n) is 3.11. The van der Waals surface area contributed by atoms with Crippen molar-refractivity contribution in [3.63, 3.8) is 0 Å².